The van der Waals surface area contributed by atoms with Crippen molar-refractivity contribution in [1.82, 2.24) is 15.8 Å². The molecule has 0 bridgehead atoms. The Labute approximate surface area is 133 Å². The van der Waals surface area contributed by atoms with Crippen LogP contribution in [0.5, 0.6) is 0 Å². The zero-order valence-corrected chi connectivity index (χ0v) is 13.5. The van der Waals surface area contributed by atoms with Gasteiger partial charge in [-0.25, -0.2) is 9.86 Å². The van der Waals surface area contributed by atoms with E-state index in [1.807, 2.05) is 13.8 Å². The van der Waals surface area contributed by atoms with Crippen LogP contribution in [0.4, 0.5) is 10.5 Å². The van der Waals surface area contributed by atoms with Crippen LogP contribution in [0, 0.1) is 5.41 Å². The van der Waals surface area contributed by atoms with E-state index in [9.17, 15) is 9.59 Å². The lowest BCUT2D eigenvalue weighted by Crippen LogP contribution is -2.36. The van der Waals surface area contributed by atoms with Crippen molar-refractivity contribution in [2.45, 2.75) is 20.4 Å². The zero-order chi connectivity index (χ0) is 16.3. The SMILES string of the molecule is CNC(=O)NNc1ccc(CN2OCC(C)(C)C2=O)c(Cl)c1. The Hall–Kier alpha value is -1.99. The smallest absolute Gasteiger partial charge is 0.333 e. The highest BCUT2D eigenvalue weighted by Crippen LogP contribution is 2.30. The molecular formula is C14H19ClN4O3. The number of hydroxylamine groups is 2. The van der Waals surface area contributed by atoms with Gasteiger partial charge < -0.3 is 5.32 Å². The predicted molar refractivity (Wildman–Crippen MR) is 82.9 cm³/mol. The van der Waals surface area contributed by atoms with Crippen LogP contribution < -0.4 is 16.2 Å². The minimum Gasteiger partial charge on any atom is -0.340 e. The number of nitrogens with zero attached hydrogens (tertiary/aromatic N) is 1. The zero-order valence-electron chi connectivity index (χ0n) is 12.7. The summed E-state index contributed by atoms with van der Waals surface area (Å²) >= 11 is 6.21. The summed E-state index contributed by atoms with van der Waals surface area (Å²) < 4.78 is 0. The normalized spacial score (nSPS) is 16.5. The summed E-state index contributed by atoms with van der Waals surface area (Å²) in [5, 5.41) is 4.22. The highest BCUT2D eigenvalue weighted by Gasteiger charge is 2.40. The van der Waals surface area contributed by atoms with E-state index in [0.29, 0.717) is 17.3 Å². The van der Waals surface area contributed by atoms with Crippen LogP contribution in [-0.2, 0) is 16.2 Å². The van der Waals surface area contributed by atoms with Crippen molar-refractivity contribution < 1.29 is 14.4 Å². The Bertz CT molecular complexity index is 591. The van der Waals surface area contributed by atoms with Gasteiger partial charge in [0.25, 0.3) is 5.91 Å². The highest BCUT2D eigenvalue weighted by molar-refractivity contribution is 6.31. The number of nitrogens with one attached hydrogen (secondary N) is 3. The molecule has 8 heteroatoms. The molecule has 3 amide bonds. The summed E-state index contributed by atoms with van der Waals surface area (Å²) in [4.78, 5) is 28.6. The van der Waals surface area contributed by atoms with Crippen molar-refractivity contribution in [3.63, 3.8) is 0 Å². The number of rotatable bonds is 4. The molecule has 0 saturated carbocycles. The van der Waals surface area contributed by atoms with Crippen LogP contribution in [-0.4, -0.2) is 30.7 Å². The third-order valence-electron chi connectivity index (χ3n) is 3.30. The van der Waals surface area contributed by atoms with Gasteiger partial charge in [0.1, 0.15) is 0 Å². The maximum Gasteiger partial charge on any atom is 0.333 e. The molecule has 0 aliphatic carbocycles. The van der Waals surface area contributed by atoms with E-state index in [4.69, 9.17) is 16.4 Å². The molecule has 0 atom stereocenters. The van der Waals surface area contributed by atoms with Gasteiger partial charge in [-0.3, -0.25) is 20.5 Å². The van der Waals surface area contributed by atoms with Gasteiger partial charge in [-0.1, -0.05) is 17.7 Å². The number of urea groups is 1. The summed E-state index contributed by atoms with van der Waals surface area (Å²) in [6.07, 6.45) is 0. The van der Waals surface area contributed by atoms with E-state index in [1.165, 1.54) is 12.1 Å². The molecule has 1 aromatic carbocycles. The molecule has 22 heavy (non-hydrogen) atoms. The second-order valence-corrected chi connectivity index (χ2v) is 6.04. The molecule has 1 fully saturated rings. The molecule has 1 aromatic rings. The number of hydrogen-bond acceptors (Lipinski definition) is 4. The molecule has 0 spiro atoms. The average Bonchev–Trinajstić information content (AvgIpc) is 2.74. The first kappa shape index (κ1) is 16.4. The number of anilines is 1. The van der Waals surface area contributed by atoms with Crippen LogP contribution >= 0.6 is 11.6 Å². The summed E-state index contributed by atoms with van der Waals surface area (Å²) in [7, 11) is 1.52. The number of hydrazine groups is 1. The fourth-order valence-electron chi connectivity index (χ4n) is 1.91. The largest absolute Gasteiger partial charge is 0.340 e. The lowest BCUT2D eigenvalue weighted by molar-refractivity contribution is -0.165. The number of hydrogen-bond donors (Lipinski definition) is 3. The summed E-state index contributed by atoms with van der Waals surface area (Å²) in [5.74, 6) is -0.0629. The van der Waals surface area contributed by atoms with Gasteiger partial charge in [0.2, 0.25) is 0 Å². The van der Waals surface area contributed by atoms with E-state index in [0.717, 1.165) is 5.56 Å². The van der Waals surface area contributed by atoms with Crippen LogP contribution in [0.15, 0.2) is 18.2 Å². The Morgan fingerprint density at radius 1 is 1.45 bits per heavy atom. The first-order valence-electron chi connectivity index (χ1n) is 6.80. The lowest BCUT2D eigenvalue weighted by Gasteiger charge is -2.17. The number of carbonyl (C=O) groups excluding carboxylic acids is 2. The minimum absolute atomic E-state index is 0.0629. The number of amides is 3. The number of benzene rings is 1. The standard InChI is InChI=1S/C14H19ClN4O3/c1-14(2)8-22-19(12(14)20)7-9-4-5-10(6-11(9)15)17-18-13(21)16-3/h4-6,17H,7-8H2,1-3H3,(H2,16,18,21). The summed E-state index contributed by atoms with van der Waals surface area (Å²) in [6.45, 7) is 4.33. The van der Waals surface area contributed by atoms with Gasteiger partial charge in [0.15, 0.2) is 0 Å². The van der Waals surface area contributed by atoms with Gasteiger partial charge in [0, 0.05) is 12.1 Å². The average molecular weight is 327 g/mol. The minimum atomic E-state index is -0.509. The molecule has 7 nitrogen and oxygen atoms in total. The summed E-state index contributed by atoms with van der Waals surface area (Å²) in [6, 6.07) is 4.83. The molecule has 0 radical (unpaired) electrons. The number of carbonyl (C=O) groups is 2. The van der Waals surface area contributed by atoms with Crippen LogP contribution in [0.1, 0.15) is 19.4 Å². The molecule has 120 valence electrons. The van der Waals surface area contributed by atoms with E-state index >= 15 is 0 Å². The van der Waals surface area contributed by atoms with Crippen LogP contribution in [0.25, 0.3) is 0 Å². The van der Waals surface area contributed by atoms with E-state index in [1.54, 1.807) is 18.2 Å². The first-order chi connectivity index (χ1) is 10.3. The molecule has 0 aromatic heterocycles. The number of halogens is 1. The van der Waals surface area contributed by atoms with Crippen molar-refractivity contribution in [2.24, 2.45) is 5.41 Å². The quantitative estimate of drug-likeness (QED) is 0.738. The van der Waals surface area contributed by atoms with E-state index < -0.39 is 5.41 Å². The third kappa shape index (κ3) is 3.61. The van der Waals surface area contributed by atoms with Crippen molar-refractivity contribution in [3.05, 3.63) is 28.8 Å². The molecule has 2 rings (SSSR count). The van der Waals surface area contributed by atoms with E-state index in [2.05, 4.69) is 16.2 Å². The third-order valence-corrected chi connectivity index (χ3v) is 3.65. The van der Waals surface area contributed by atoms with Crippen molar-refractivity contribution in [2.75, 3.05) is 19.1 Å². The van der Waals surface area contributed by atoms with Gasteiger partial charge in [-0.05, 0) is 31.5 Å². The van der Waals surface area contributed by atoms with Crippen molar-refractivity contribution in [1.29, 1.82) is 0 Å². The second-order valence-electron chi connectivity index (χ2n) is 5.63. The topological polar surface area (TPSA) is 82.7 Å². The molecule has 1 saturated heterocycles. The van der Waals surface area contributed by atoms with Crippen LogP contribution in [0.2, 0.25) is 5.02 Å². The Balaban J connectivity index is 2.01. The predicted octanol–water partition coefficient (Wildman–Crippen LogP) is 1.90. The molecular weight excluding hydrogens is 308 g/mol. The first-order valence-corrected chi connectivity index (χ1v) is 7.18. The fourth-order valence-corrected chi connectivity index (χ4v) is 2.15. The van der Waals surface area contributed by atoms with Gasteiger partial charge >= 0.3 is 6.03 Å². The monoisotopic (exact) mass is 326 g/mol. The van der Waals surface area contributed by atoms with Crippen molar-refractivity contribution >= 4 is 29.2 Å². The molecule has 3 N–H and O–H groups in total. The Morgan fingerprint density at radius 2 is 2.18 bits per heavy atom. The van der Waals surface area contributed by atoms with Crippen LogP contribution in [0.3, 0.4) is 0 Å². The van der Waals surface area contributed by atoms with Crippen molar-refractivity contribution in [3.8, 4) is 0 Å². The molecule has 1 aliphatic heterocycles. The second kappa shape index (κ2) is 6.41. The highest BCUT2D eigenvalue weighted by atomic mass is 35.5. The molecule has 1 heterocycles. The Kier molecular flexibility index (Phi) is 4.77. The van der Waals surface area contributed by atoms with Gasteiger partial charge in [-0.15, -0.1) is 0 Å². The fraction of sp³-hybridized carbons (Fsp3) is 0.429. The maximum atomic E-state index is 12.1. The lowest BCUT2D eigenvalue weighted by atomic mass is 9.95. The van der Waals surface area contributed by atoms with Gasteiger partial charge in [-0.2, -0.15) is 0 Å². The molecule has 1 aliphatic rings. The van der Waals surface area contributed by atoms with Gasteiger partial charge in [0.05, 0.1) is 24.3 Å². The Morgan fingerprint density at radius 3 is 2.73 bits per heavy atom. The maximum absolute atomic E-state index is 12.1. The molecule has 0 unspecified atom stereocenters. The summed E-state index contributed by atoms with van der Waals surface area (Å²) in [5.41, 5.74) is 6.04. The van der Waals surface area contributed by atoms with E-state index in [-0.39, 0.29) is 18.5 Å².